The van der Waals surface area contributed by atoms with Crippen LogP contribution in [0.2, 0.25) is 0 Å². The summed E-state index contributed by atoms with van der Waals surface area (Å²) in [6.07, 6.45) is 1.27. The molecule has 1 aromatic heterocycles. The van der Waals surface area contributed by atoms with Crippen molar-refractivity contribution in [2.24, 2.45) is 5.10 Å². The van der Waals surface area contributed by atoms with Gasteiger partial charge in [0.1, 0.15) is 17.2 Å². The first-order valence-electron chi connectivity index (χ1n) is 8.68. The highest BCUT2D eigenvalue weighted by atomic mass is 79.9. The van der Waals surface area contributed by atoms with Crippen molar-refractivity contribution in [3.05, 3.63) is 81.3 Å². The normalized spacial score (nSPS) is 15.2. The first-order valence-corrected chi connectivity index (χ1v) is 9.47. The van der Waals surface area contributed by atoms with Crippen LogP contribution in [-0.2, 0) is 4.79 Å². The van der Waals surface area contributed by atoms with E-state index in [1.807, 2.05) is 12.1 Å². The Labute approximate surface area is 180 Å². The summed E-state index contributed by atoms with van der Waals surface area (Å²) in [5.74, 6) is -11.3. The Kier molecular flexibility index (Phi) is 5.26. The van der Waals surface area contributed by atoms with E-state index in [-0.39, 0.29) is 22.1 Å². The molecule has 0 atom stereocenters. The van der Waals surface area contributed by atoms with E-state index in [2.05, 4.69) is 21.0 Å². The van der Waals surface area contributed by atoms with Gasteiger partial charge in [-0.05, 0) is 37.3 Å². The van der Waals surface area contributed by atoms with Gasteiger partial charge in [0, 0.05) is 10.0 Å². The van der Waals surface area contributed by atoms with Gasteiger partial charge in [0.15, 0.2) is 23.3 Å². The van der Waals surface area contributed by atoms with Crippen LogP contribution in [0, 0.1) is 29.1 Å². The third-order valence-corrected chi connectivity index (χ3v) is 5.03. The van der Waals surface area contributed by atoms with E-state index in [1.54, 1.807) is 24.3 Å². The second-order valence-electron chi connectivity index (χ2n) is 6.49. The maximum Gasteiger partial charge on any atom is 0.280 e. The van der Waals surface area contributed by atoms with Crippen LogP contribution in [0.15, 0.2) is 56.0 Å². The highest BCUT2D eigenvalue weighted by Crippen LogP contribution is 2.34. The van der Waals surface area contributed by atoms with Crippen molar-refractivity contribution in [1.82, 2.24) is 0 Å². The molecule has 158 valence electrons. The van der Waals surface area contributed by atoms with E-state index in [0.717, 1.165) is 10.0 Å². The van der Waals surface area contributed by atoms with Gasteiger partial charge in [-0.3, -0.25) is 4.79 Å². The minimum absolute atomic E-state index is 0.00975. The Morgan fingerprint density at radius 1 is 0.903 bits per heavy atom. The summed E-state index contributed by atoms with van der Waals surface area (Å²) in [7, 11) is 0. The minimum atomic E-state index is -2.32. The highest BCUT2D eigenvalue weighted by Gasteiger charge is 2.37. The zero-order valence-corrected chi connectivity index (χ0v) is 17.1. The van der Waals surface area contributed by atoms with E-state index in [0.29, 0.717) is 5.76 Å². The topological polar surface area (TPSA) is 45.8 Å². The van der Waals surface area contributed by atoms with Crippen molar-refractivity contribution in [1.29, 1.82) is 0 Å². The van der Waals surface area contributed by atoms with Crippen molar-refractivity contribution in [3.63, 3.8) is 0 Å². The third-order valence-electron chi connectivity index (χ3n) is 4.50. The van der Waals surface area contributed by atoms with Gasteiger partial charge in [-0.1, -0.05) is 28.1 Å². The van der Waals surface area contributed by atoms with Crippen LogP contribution < -0.4 is 5.01 Å². The smallest absolute Gasteiger partial charge is 0.280 e. The summed E-state index contributed by atoms with van der Waals surface area (Å²) in [4.78, 5) is 12.7. The molecule has 2 heterocycles. The van der Waals surface area contributed by atoms with Gasteiger partial charge >= 0.3 is 0 Å². The molecule has 0 saturated carbocycles. The predicted octanol–water partition coefficient (Wildman–Crippen LogP) is 6.21. The lowest BCUT2D eigenvalue weighted by Gasteiger charge is -2.14. The molecule has 0 fully saturated rings. The maximum atomic E-state index is 14.1. The molecule has 0 N–H and O–H groups in total. The largest absolute Gasteiger partial charge is 0.457 e. The first-order chi connectivity index (χ1) is 14.7. The second kappa shape index (κ2) is 7.77. The summed E-state index contributed by atoms with van der Waals surface area (Å²) in [6, 6.07) is 10.5. The number of hydrogen-bond acceptors (Lipinski definition) is 3. The molecule has 3 aromatic rings. The van der Waals surface area contributed by atoms with Crippen molar-refractivity contribution in [2.45, 2.75) is 6.92 Å². The summed E-state index contributed by atoms with van der Waals surface area (Å²) in [5, 5.41) is 3.82. The lowest BCUT2D eigenvalue weighted by molar-refractivity contribution is -0.114. The van der Waals surface area contributed by atoms with Crippen LogP contribution in [0.4, 0.5) is 27.6 Å². The first kappa shape index (κ1) is 21.0. The summed E-state index contributed by atoms with van der Waals surface area (Å²) < 4.78 is 75.1. The molecule has 0 saturated heterocycles. The number of furan rings is 1. The molecular formula is C21H10BrF5N2O2. The van der Waals surface area contributed by atoms with Gasteiger partial charge in [0.05, 0.1) is 11.3 Å². The molecule has 4 nitrogen and oxygen atoms in total. The fraction of sp³-hybridized carbons (Fsp3) is 0.0476. The van der Waals surface area contributed by atoms with Gasteiger partial charge < -0.3 is 4.42 Å². The molecule has 0 spiro atoms. The zero-order valence-electron chi connectivity index (χ0n) is 15.5. The molecule has 1 aliphatic heterocycles. The Morgan fingerprint density at radius 2 is 1.48 bits per heavy atom. The minimum Gasteiger partial charge on any atom is -0.457 e. The molecule has 2 aromatic carbocycles. The molecule has 0 radical (unpaired) electrons. The quantitative estimate of drug-likeness (QED) is 0.187. The number of hydrogen-bond donors (Lipinski definition) is 0. The summed E-state index contributed by atoms with van der Waals surface area (Å²) in [6.45, 7) is 1.36. The van der Waals surface area contributed by atoms with Gasteiger partial charge in [-0.2, -0.15) is 10.1 Å². The Morgan fingerprint density at radius 3 is 2.10 bits per heavy atom. The molecule has 0 aliphatic carbocycles. The average molecular weight is 497 g/mol. The maximum absolute atomic E-state index is 14.1. The highest BCUT2D eigenvalue weighted by molar-refractivity contribution is 9.10. The number of halogens is 6. The molecular weight excluding hydrogens is 487 g/mol. The van der Waals surface area contributed by atoms with Crippen LogP contribution >= 0.6 is 15.9 Å². The number of carbonyl (C=O) groups is 1. The second-order valence-corrected chi connectivity index (χ2v) is 7.40. The molecule has 10 heteroatoms. The molecule has 4 rings (SSSR count). The number of carbonyl (C=O) groups excluding carboxylic acids is 1. The number of hydrazone groups is 1. The summed E-state index contributed by atoms with van der Waals surface area (Å²) in [5.41, 5.74) is -0.797. The lowest BCUT2D eigenvalue weighted by Crippen LogP contribution is -2.25. The fourth-order valence-corrected chi connectivity index (χ4v) is 3.22. The monoisotopic (exact) mass is 496 g/mol. The Bertz CT molecular complexity index is 1250. The van der Waals surface area contributed by atoms with E-state index >= 15 is 0 Å². The number of amides is 1. The number of anilines is 1. The van der Waals surface area contributed by atoms with Gasteiger partial charge in [-0.15, -0.1) is 0 Å². The van der Waals surface area contributed by atoms with Crippen LogP contribution in [-0.4, -0.2) is 11.6 Å². The Balaban J connectivity index is 1.70. The number of nitrogens with zero attached hydrogens (tertiary/aromatic N) is 2. The molecule has 1 aliphatic rings. The van der Waals surface area contributed by atoms with Crippen molar-refractivity contribution < 1.29 is 31.2 Å². The van der Waals surface area contributed by atoms with E-state index in [1.165, 1.54) is 13.0 Å². The van der Waals surface area contributed by atoms with E-state index < -0.39 is 40.7 Å². The molecule has 0 unspecified atom stereocenters. The number of rotatable bonds is 3. The Hall–Kier alpha value is -3.27. The zero-order chi connectivity index (χ0) is 22.4. The van der Waals surface area contributed by atoms with Gasteiger partial charge in [0.2, 0.25) is 5.82 Å². The van der Waals surface area contributed by atoms with Crippen LogP contribution in [0.5, 0.6) is 0 Å². The van der Waals surface area contributed by atoms with Gasteiger partial charge in [0.25, 0.3) is 5.91 Å². The molecule has 1 amide bonds. The van der Waals surface area contributed by atoms with E-state index in [4.69, 9.17) is 4.42 Å². The van der Waals surface area contributed by atoms with E-state index in [9.17, 15) is 26.7 Å². The van der Waals surface area contributed by atoms with Crippen molar-refractivity contribution >= 4 is 39.3 Å². The third kappa shape index (κ3) is 3.56. The van der Waals surface area contributed by atoms with Crippen molar-refractivity contribution in [2.75, 3.05) is 5.01 Å². The van der Waals surface area contributed by atoms with Crippen LogP contribution in [0.25, 0.3) is 17.4 Å². The molecule has 31 heavy (non-hydrogen) atoms. The molecule has 0 bridgehead atoms. The van der Waals surface area contributed by atoms with Crippen LogP contribution in [0.1, 0.15) is 12.7 Å². The number of benzene rings is 2. The lowest BCUT2D eigenvalue weighted by atomic mass is 10.1. The average Bonchev–Trinajstić information content (AvgIpc) is 3.32. The van der Waals surface area contributed by atoms with Crippen LogP contribution in [0.3, 0.4) is 0 Å². The predicted molar refractivity (Wildman–Crippen MR) is 107 cm³/mol. The standard InChI is InChI=1S/C21H10BrF5N2O2/c1-9-13(8-12-6-7-14(31-12)10-2-4-11(22)5-3-10)21(30)29(28-9)20-18(26)16(24)15(23)17(25)19(20)27/h2-8H,1H3/b13-8-. The van der Waals surface area contributed by atoms with Crippen molar-refractivity contribution in [3.8, 4) is 11.3 Å². The SMILES string of the molecule is CC1=NN(c2c(F)c(F)c(F)c(F)c2F)C(=O)/C1=C\c1ccc(-c2ccc(Br)cc2)o1. The fourth-order valence-electron chi connectivity index (χ4n) is 2.96. The summed E-state index contributed by atoms with van der Waals surface area (Å²) >= 11 is 3.33. The van der Waals surface area contributed by atoms with Gasteiger partial charge in [-0.25, -0.2) is 22.0 Å².